The van der Waals surface area contributed by atoms with Crippen LogP contribution in [0, 0.1) is 6.92 Å². The average Bonchev–Trinajstić information content (AvgIpc) is 2.62. The van der Waals surface area contributed by atoms with E-state index in [2.05, 4.69) is 5.32 Å². The van der Waals surface area contributed by atoms with Crippen molar-refractivity contribution in [2.75, 3.05) is 25.5 Å². The Morgan fingerprint density at radius 2 is 1.63 bits per heavy atom. The largest absolute Gasteiger partial charge is 0.462 e. The lowest BCUT2D eigenvalue weighted by atomic mass is 10.2. The second kappa shape index (κ2) is 8.79. The molecule has 2 aromatic carbocycles. The SMILES string of the molecule is CCOC(=O)c1ccc(NC(=O)CN(C)S(=O)(=O)c2ccc(C)cc2)cc1. The summed E-state index contributed by atoms with van der Waals surface area (Å²) in [6.45, 7) is 3.52. The first kappa shape index (κ1) is 20.6. The third-order valence-electron chi connectivity index (χ3n) is 3.78. The van der Waals surface area contributed by atoms with Crippen molar-refractivity contribution >= 4 is 27.6 Å². The van der Waals surface area contributed by atoms with Gasteiger partial charge in [-0.3, -0.25) is 4.79 Å². The number of likely N-dealkylation sites (N-methyl/N-ethyl adjacent to an activating group) is 1. The zero-order valence-corrected chi connectivity index (χ0v) is 16.2. The highest BCUT2D eigenvalue weighted by Crippen LogP contribution is 2.15. The van der Waals surface area contributed by atoms with Crippen LogP contribution in [0.4, 0.5) is 5.69 Å². The van der Waals surface area contributed by atoms with Gasteiger partial charge in [0.05, 0.1) is 23.6 Å². The first-order valence-corrected chi connectivity index (χ1v) is 9.78. The summed E-state index contributed by atoms with van der Waals surface area (Å²) in [4.78, 5) is 23.9. The summed E-state index contributed by atoms with van der Waals surface area (Å²) < 4.78 is 30.9. The number of nitrogens with zero attached hydrogens (tertiary/aromatic N) is 1. The second-order valence-corrected chi connectivity index (χ2v) is 7.97. The number of hydrogen-bond donors (Lipinski definition) is 1. The van der Waals surface area contributed by atoms with Gasteiger partial charge in [-0.25, -0.2) is 13.2 Å². The molecule has 8 heteroatoms. The van der Waals surface area contributed by atoms with E-state index in [9.17, 15) is 18.0 Å². The molecule has 1 amide bonds. The fraction of sp³-hybridized carbons (Fsp3) is 0.263. The lowest BCUT2D eigenvalue weighted by Gasteiger charge is -2.17. The summed E-state index contributed by atoms with van der Waals surface area (Å²) in [6.07, 6.45) is 0. The Labute approximate surface area is 159 Å². The molecule has 2 rings (SSSR count). The summed E-state index contributed by atoms with van der Waals surface area (Å²) in [7, 11) is -2.41. The first-order valence-electron chi connectivity index (χ1n) is 8.34. The predicted octanol–water partition coefficient (Wildman–Crippen LogP) is 2.43. The fourth-order valence-corrected chi connectivity index (χ4v) is 3.41. The number of aryl methyl sites for hydroxylation is 1. The number of carbonyl (C=O) groups is 2. The second-order valence-electron chi connectivity index (χ2n) is 5.92. The van der Waals surface area contributed by atoms with Gasteiger partial charge in [0.2, 0.25) is 15.9 Å². The molecule has 0 heterocycles. The number of nitrogens with one attached hydrogen (secondary N) is 1. The Balaban J connectivity index is 2.00. The van der Waals surface area contributed by atoms with Gasteiger partial charge in [0.25, 0.3) is 0 Å². The van der Waals surface area contributed by atoms with Crippen LogP contribution in [-0.2, 0) is 19.6 Å². The molecule has 0 aliphatic carbocycles. The molecule has 0 radical (unpaired) electrons. The van der Waals surface area contributed by atoms with E-state index in [0.29, 0.717) is 11.3 Å². The maximum Gasteiger partial charge on any atom is 0.338 e. The fourth-order valence-electron chi connectivity index (χ4n) is 2.28. The maximum absolute atomic E-state index is 12.5. The van der Waals surface area contributed by atoms with Gasteiger partial charge in [-0.2, -0.15) is 4.31 Å². The van der Waals surface area contributed by atoms with Crippen LogP contribution in [0.3, 0.4) is 0 Å². The van der Waals surface area contributed by atoms with Crippen molar-refractivity contribution < 1.29 is 22.7 Å². The van der Waals surface area contributed by atoms with Crippen molar-refractivity contribution in [2.24, 2.45) is 0 Å². The third-order valence-corrected chi connectivity index (χ3v) is 5.59. The van der Waals surface area contributed by atoms with E-state index in [1.807, 2.05) is 6.92 Å². The van der Waals surface area contributed by atoms with Crippen LogP contribution in [0.1, 0.15) is 22.8 Å². The normalized spacial score (nSPS) is 11.3. The van der Waals surface area contributed by atoms with E-state index in [1.165, 1.54) is 31.3 Å². The Bertz CT molecular complexity index is 906. The molecule has 1 N–H and O–H groups in total. The molecule has 0 spiro atoms. The minimum Gasteiger partial charge on any atom is -0.462 e. The average molecular weight is 390 g/mol. The summed E-state index contributed by atoms with van der Waals surface area (Å²) >= 11 is 0. The molecule has 144 valence electrons. The highest BCUT2D eigenvalue weighted by Gasteiger charge is 2.22. The lowest BCUT2D eigenvalue weighted by molar-refractivity contribution is -0.116. The topological polar surface area (TPSA) is 92.8 Å². The summed E-state index contributed by atoms with van der Waals surface area (Å²) in [6, 6.07) is 12.6. The van der Waals surface area contributed by atoms with Gasteiger partial charge in [0.15, 0.2) is 0 Å². The Morgan fingerprint density at radius 3 is 2.19 bits per heavy atom. The molecule has 0 bridgehead atoms. The van der Waals surface area contributed by atoms with Gasteiger partial charge in [-0.1, -0.05) is 17.7 Å². The zero-order chi connectivity index (χ0) is 20.0. The molecule has 0 saturated heterocycles. The first-order chi connectivity index (χ1) is 12.7. The van der Waals surface area contributed by atoms with Gasteiger partial charge >= 0.3 is 5.97 Å². The molecule has 0 aromatic heterocycles. The van der Waals surface area contributed by atoms with E-state index in [4.69, 9.17) is 4.74 Å². The number of esters is 1. The van der Waals surface area contributed by atoms with Crippen LogP contribution in [-0.4, -0.2) is 44.8 Å². The van der Waals surface area contributed by atoms with Crippen LogP contribution in [0.5, 0.6) is 0 Å². The van der Waals surface area contributed by atoms with Gasteiger partial charge in [-0.05, 0) is 50.2 Å². The van der Waals surface area contributed by atoms with Crippen molar-refractivity contribution in [3.8, 4) is 0 Å². The molecular formula is C19H22N2O5S. The molecule has 27 heavy (non-hydrogen) atoms. The van der Waals surface area contributed by atoms with E-state index in [0.717, 1.165) is 9.87 Å². The molecule has 0 atom stereocenters. The number of ether oxygens (including phenoxy) is 1. The van der Waals surface area contributed by atoms with Gasteiger partial charge in [0.1, 0.15) is 0 Å². The molecule has 0 aliphatic heterocycles. The molecule has 0 unspecified atom stereocenters. The van der Waals surface area contributed by atoms with E-state index in [-0.39, 0.29) is 18.0 Å². The number of amides is 1. The standard InChI is InChI=1S/C19H22N2O5S/c1-4-26-19(23)15-7-9-16(10-8-15)20-18(22)13-21(3)27(24,25)17-11-5-14(2)6-12-17/h5-12H,4,13H2,1-3H3,(H,20,22). The molecular weight excluding hydrogens is 368 g/mol. The third kappa shape index (κ3) is 5.38. The monoisotopic (exact) mass is 390 g/mol. The number of carbonyl (C=O) groups excluding carboxylic acids is 2. The summed E-state index contributed by atoms with van der Waals surface area (Å²) in [5.41, 5.74) is 1.77. The van der Waals surface area contributed by atoms with Crippen LogP contribution < -0.4 is 5.32 Å². The number of rotatable bonds is 7. The molecule has 7 nitrogen and oxygen atoms in total. The Hall–Kier alpha value is -2.71. The number of benzene rings is 2. The van der Waals surface area contributed by atoms with Crippen molar-refractivity contribution in [3.63, 3.8) is 0 Å². The minimum absolute atomic E-state index is 0.127. The van der Waals surface area contributed by atoms with Gasteiger partial charge < -0.3 is 10.1 Å². The van der Waals surface area contributed by atoms with E-state index in [1.54, 1.807) is 31.2 Å². The van der Waals surface area contributed by atoms with Crippen LogP contribution in [0.25, 0.3) is 0 Å². The Morgan fingerprint density at radius 1 is 1.04 bits per heavy atom. The lowest BCUT2D eigenvalue weighted by Crippen LogP contribution is -2.34. The van der Waals surface area contributed by atoms with Crippen LogP contribution in [0.2, 0.25) is 0 Å². The van der Waals surface area contributed by atoms with Crippen molar-refractivity contribution in [3.05, 3.63) is 59.7 Å². The molecule has 2 aromatic rings. The van der Waals surface area contributed by atoms with Crippen LogP contribution >= 0.6 is 0 Å². The molecule has 0 aliphatic rings. The van der Waals surface area contributed by atoms with Crippen molar-refractivity contribution in [2.45, 2.75) is 18.7 Å². The minimum atomic E-state index is -3.76. The highest BCUT2D eigenvalue weighted by molar-refractivity contribution is 7.89. The zero-order valence-electron chi connectivity index (χ0n) is 15.4. The molecule has 0 saturated carbocycles. The van der Waals surface area contributed by atoms with Gasteiger partial charge in [-0.15, -0.1) is 0 Å². The van der Waals surface area contributed by atoms with Gasteiger partial charge in [0, 0.05) is 12.7 Å². The summed E-state index contributed by atoms with van der Waals surface area (Å²) in [5, 5.41) is 2.61. The molecule has 0 fully saturated rings. The quantitative estimate of drug-likeness (QED) is 0.733. The Kier molecular flexibility index (Phi) is 6.70. The summed E-state index contributed by atoms with van der Waals surface area (Å²) in [5.74, 6) is -0.934. The maximum atomic E-state index is 12.5. The smallest absolute Gasteiger partial charge is 0.338 e. The van der Waals surface area contributed by atoms with E-state index < -0.39 is 21.9 Å². The number of sulfonamides is 1. The van der Waals surface area contributed by atoms with E-state index >= 15 is 0 Å². The number of anilines is 1. The van der Waals surface area contributed by atoms with Crippen LogP contribution in [0.15, 0.2) is 53.4 Å². The van der Waals surface area contributed by atoms with Crippen molar-refractivity contribution in [1.82, 2.24) is 4.31 Å². The predicted molar refractivity (Wildman–Crippen MR) is 102 cm³/mol. The number of hydrogen-bond acceptors (Lipinski definition) is 5. The van der Waals surface area contributed by atoms with Crippen molar-refractivity contribution in [1.29, 1.82) is 0 Å². The highest BCUT2D eigenvalue weighted by atomic mass is 32.2.